The van der Waals surface area contributed by atoms with E-state index in [9.17, 15) is 5.11 Å². The number of phenolic OH excluding ortho intramolecular Hbond substituents is 1. The van der Waals surface area contributed by atoms with E-state index in [1.165, 1.54) is 0 Å². The average Bonchev–Trinajstić information content (AvgIpc) is 2.74. The molecule has 0 unspecified atom stereocenters. The van der Waals surface area contributed by atoms with Gasteiger partial charge in [-0.05, 0) is 12.1 Å². The molecular formula is C12H10N4O. The van der Waals surface area contributed by atoms with Crippen molar-refractivity contribution in [2.24, 2.45) is 7.05 Å². The number of aryl methyl sites for hydroxylation is 1. The van der Waals surface area contributed by atoms with Crippen LogP contribution in [0, 0.1) is 0 Å². The number of hydrogen-bond acceptors (Lipinski definition) is 4. The predicted molar refractivity (Wildman–Crippen MR) is 63.4 cm³/mol. The first-order valence-corrected chi connectivity index (χ1v) is 5.18. The largest absolute Gasteiger partial charge is 0.508 e. The molecule has 0 saturated heterocycles. The smallest absolute Gasteiger partial charge is 0.118 e. The van der Waals surface area contributed by atoms with Gasteiger partial charge in [0, 0.05) is 37.3 Å². The third-order valence-corrected chi connectivity index (χ3v) is 2.55. The van der Waals surface area contributed by atoms with E-state index < -0.39 is 0 Å². The first-order valence-electron chi connectivity index (χ1n) is 5.18. The molecule has 0 aliphatic rings. The van der Waals surface area contributed by atoms with Gasteiger partial charge in [0.25, 0.3) is 0 Å². The fraction of sp³-hybridized carbons (Fsp3) is 0.0833. The lowest BCUT2D eigenvalue weighted by molar-refractivity contribution is 0.476. The maximum absolute atomic E-state index is 9.68. The van der Waals surface area contributed by atoms with Crippen LogP contribution >= 0.6 is 0 Å². The van der Waals surface area contributed by atoms with E-state index in [1.54, 1.807) is 29.2 Å². The zero-order chi connectivity index (χ0) is 11.8. The first kappa shape index (κ1) is 9.77. The Hall–Kier alpha value is -2.43. The van der Waals surface area contributed by atoms with Crippen LogP contribution in [0.5, 0.6) is 5.75 Å². The summed E-state index contributed by atoms with van der Waals surface area (Å²) in [5.41, 5.74) is 2.96. The molecule has 0 fully saturated rings. The summed E-state index contributed by atoms with van der Waals surface area (Å²) in [5, 5.41) is 14.0. The molecule has 0 atom stereocenters. The highest BCUT2D eigenvalue weighted by molar-refractivity contribution is 5.91. The summed E-state index contributed by atoms with van der Waals surface area (Å²) in [6.07, 6.45) is 5.08. The van der Waals surface area contributed by atoms with Crippen LogP contribution in [0.4, 0.5) is 0 Å². The summed E-state index contributed by atoms with van der Waals surface area (Å²) in [4.78, 5) is 8.46. The van der Waals surface area contributed by atoms with Crippen molar-refractivity contribution in [2.75, 3.05) is 0 Å². The van der Waals surface area contributed by atoms with E-state index in [1.807, 2.05) is 19.3 Å². The minimum atomic E-state index is 0.165. The van der Waals surface area contributed by atoms with Gasteiger partial charge in [0.05, 0.1) is 16.7 Å². The summed E-state index contributed by atoms with van der Waals surface area (Å²) < 4.78 is 1.71. The number of rotatable bonds is 1. The Balaban J connectivity index is 2.35. The van der Waals surface area contributed by atoms with Crippen molar-refractivity contribution < 1.29 is 5.11 Å². The number of fused-ring (bicyclic) bond motifs is 1. The maximum Gasteiger partial charge on any atom is 0.118 e. The van der Waals surface area contributed by atoms with Gasteiger partial charge < -0.3 is 5.11 Å². The Bertz CT molecular complexity index is 690. The second-order valence-electron chi connectivity index (χ2n) is 3.79. The fourth-order valence-corrected chi connectivity index (χ4v) is 1.81. The zero-order valence-electron chi connectivity index (χ0n) is 9.20. The predicted octanol–water partition coefficient (Wildman–Crippen LogP) is 1.74. The summed E-state index contributed by atoms with van der Waals surface area (Å²) in [5.74, 6) is 0.165. The maximum atomic E-state index is 9.68. The Morgan fingerprint density at radius 1 is 1.18 bits per heavy atom. The molecule has 17 heavy (non-hydrogen) atoms. The highest BCUT2D eigenvalue weighted by atomic mass is 16.3. The normalized spacial score (nSPS) is 10.9. The van der Waals surface area contributed by atoms with Gasteiger partial charge in [-0.25, -0.2) is 0 Å². The molecule has 1 N–H and O–H groups in total. The van der Waals surface area contributed by atoms with Crippen molar-refractivity contribution >= 4 is 11.0 Å². The van der Waals surface area contributed by atoms with Crippen LogP contribution in [0.25, 0.3) is 22.3 Å². The molecule has 0 bridgehead atoms. The molecular weight excluding hydrogens is 216 g/mol. The lowest BCUT2D eigenvalue weighted by atomic mass is 10.1. The van der Waals surface area contributed by atoms with Crippen LogP contribution in [0.2, 0.25) is 0 Å². The van der Waals surface area contributed by atoms with Crippen molar-refractivity contribution in [3.63, 3.8) is 0 Å². The van der Waals surface area contributed by atoms with Crippen LogP contribution in [0.1, 0.15) is 0 Å². The van der Waals surface area contributed by atoms with Crippen LogP contribution in [0.15, 0.2) is 36.8 Å². The summed E-state index contributed by atoms with van der Waals surface area (Å²) in [6, 6.07) is 5.12. The highest BCUT2D eigenvalue weighted by Crippen LogP contribution is 2.28. The van der Waals surface area contributed by atoms with Crippen LogP contribution < -0.4 is 0 Å². The van der Waals surface area contributed by atoms with Crippen molar-refractivity contribution in [3.8, 4) is 17.0 Å². The summed E-state index contributed by atoms with van der Waals surface area (Å²) >= 11 is 0. The van der Waals surface area contributed by atoms with Crippen LogP contribution in [-0.2, 0) is 7.05 Å². The van der Waals surface area contributed by atoms with E-state index in [4.69, 9.17) is 0 Å². The summed E-state index contributed by atoms with van der Waals surface area (Å²) in [7, 11) is 1.85. The van der Waals surface area contributed by atoms with Crippen molar-refractivity contribution in [2.45, 2.75) is 0 Å². The molecule has 5 heteroatoms. The van der Waals surface area contributed by atoms with Crippen molar-refractivity contribution in [3.05, 3.63) is 36.8 Å². The van der Waals surface area contributed by atoms with E-state index in [0.29, 0.717) is 5.52 Å². The second-order valence-corrected chi connectivity index (χ2v) is 3.79. The van der Waals surface area contributed by atoms with Gasteiger partial charge in [-0.3, -0.25) is 14.6 Å². The minimum Gasteiger partial charge on any atom is -0.508 e. The molecule has 3 rings (SSSR count). The van der Waals surface area contributed by atoms with E-state index >= 15 is 0 Å². The van der Waals surface area contributed by atoms with Gasteiger partial charge in [0.15, 0.2) is 0 Å². The van der Waals surface area contributed by atoms with Gasteiger partial charge in [-0.15, -0.1) is 0 Å². The topological polar surface area (TPSA) is 63.8 Å². The number of phenols is 1. The molecule has 0 saturated carbocycles. The zero-order valence-corrected chi connectivity index (χ0v) is 9.20. The number of nitrogens with zero attached hydrogens (tertiary/aromatic N) is 4. The molecule has 0 amide bonds. The number of benzene rings is 1. The monoisotopic (exact) mass is 226 g/mol. The molecule has 2 aromatic heterocycles. The van der Waals surface area contributed by atoms with E-state index in [-0.39, 0.29) is 5.75 Å². The molecule has 3 aromatic rings. The third-order valence-electron chi connectivity index (χ3n) is 2.55. The molecule has 0 spiro atoms. The number of hydrogen-bond donors (Lipinski definition) is 1. The van der Waals surface area contributed by atoms with Gasteiger partial charge in [0.1, 0.15) is 5.75 Å². The van der Waals surface area contributed by atoms with Gasteiger partial charge in [0.2, 0.25) is 0 Å². The van der Waals surface area contributed by atoms with Gasteiger partial charge >= 0.3 is 0 Å². The molecule has 0 aliphatic heterocycles. The number of aromatic hydroxyl groups is 1. The first-order chi connectivity index (χ1) is 8.24. The Morgan fingerprint density at radius 2 is 2.00 bits per heavy atom. The van der Waals surface area contributed by atoms with E-state index in [2.05, 4.69) is 15.1 Å². The van der Waals surface area contributed by atoms with Gasteiger partial charge in [-0.1, -0.05) is 0 Å². The fourth-order valence-electron chi connectivity index (χ4n) is 1.81. The minimum absolute atomic E-state index is 0.165. The van der Waals surface area contributed by atoms with Crippen LogP contribution in [-0.4, -0.2) is 24.9 Å². The Labute approximate surface area is 97.4 Å². The Morgan fingerprint density at radius 3 is 2.76 bits per heavy atom. The van der Waals surface area contributed by atoms with Crippen molar-refractivity contribution in [1.82, 2.24) is 19.7 Å². The summed E-state index contributed by atoms with van der Waals surface area (Å²) in [6.45, 7) is 0. The second kappa shape index (κ2) is 3.55. The molecule has 2 heterocycles. The van der Waals surface area contributed by atoms with E-state index in [0.717, 1.165) is 16.8 Å². The lowest BCUT2D eigenvalue weighted by Crippen LogP contribution is -1.90. The average molecular weight is 226 g/mol. The van der Waals surface area contributed by atoms with Gasteiger partial charge in [-0.2, -0.15) is 5.10 Å². The highest BCUT2D eigenvalue weighted by Gasteiger charge is 2.10. The molecule has 1 aromatic carbocycles. The quantitative estimate of drug-likeness (QED) is 0.686. The molecule has 5 nitrogen and oxygen atoms in total. The Kier molecular flexibility index (Phi) is 2.04. The molecule has 0 radical (unpaired) electrons. The molecule has 84 valence electrons. The molecule has 0 aliphatic carbocycles. The SMILES string of the molecule is Cn1ccc(-c2cc(O)cc3nccnc23)n1. The third kappa shape index (κ3) is 1.61. The van der Waals surface area contributed by atoms with Crippen LogP contribution in [0.3, 0.4) is 0 Å². The standard InChI is InChI=1S/C12H10N4O/c1-16-5-2-10(15-16)9-6-8(17)7-11-12(9)14-4-3-13-11/h2-7,17H,1H3. The van der Waals surface area contributed by atoms with Crippen molar-refractivity contribution in [1.29, 1.82) is 0 Å². The lowest BCUT2D eigenvalue weighted by Gasteiger charge is -2.03. The number of aromatic nitrogens is 4.